The second-order valence-corrected chi connectivity index (χ2v) is 3.94. The summed E-state index contributed by atoms with van der Waals surface area (Å²) in [7, 11) is 0. The van der Waals surface area contributed by atoms with Crippen molar-refractivity contribution in [1.82, 2.24) is 0 Å². The minimum atomic E-state index is -1.43. The minimum absolute atomic E-state index is 0.0369. The smallest absolute Gasteiger partial charge is 0.340 e. The summed E-state index contributed by atoms with van der Waals surface area (Å²) in [4.78, 5) is 10.7. The van der Waals surface area contributed by atoms with Gasteiger partial charge in [0, 0.05) is 0 Å². The van der Waals surface area contributed by atoms with Crippen LogP contribution in [0.4, 0.5) is 0 Å². The molecule has 1 rings (SSSR count). The SMILES string of the molecule is O=C(O)c1c(O)c(O)c(O)c(Br)c1Br. The van der Waals surface area contributed by atoms with Gasteiger partial charge in [0.1, 0.15) is 5.56 Å². The maximum atomic E-state index is 10.7. The molecule has 0 aliphatic rings. The summed E-state index contributed by atoms with van der Waals surface area (Å²) in [5.41, 5.74) is -0.521. The Kier molecular flexibility index (Phi) is 2.91. The second-order valence-electron chi connectivity index (χ2n) is 2.35. The lowest BCUT2D eigenvalue weighted by atomic mass is 10.2. The predicted molar refractivity (Wildman–Crippen MR) is 53.8 cm³/mol. The molecule has 0 saturated heterocycles. The third kappa shape index (κ3) is 1.53. The van der Waals surface area contributed by atoms with Crippen molar-refractivity contribution < 1.29 is 25.2 Å². The molecule has 1 aromatic rings. The van der Waals surface area contributed by atoms with E-state index in [1.54, 1.807) is 0 Å². The van der Waals surface area contributed by atoms with E-state index < -0.39 is 28.8 Å². The minimum Gasteiger partial charge on any atom is -0.504 e. The van der Waals surface area contributed by atoms with E-state index in [-0.39, 0.29) is 8.95 Å². The molecule has 0 amide bonds. The van der Waals surface area contributed by atoms with E-state index in [0.29, 0.717) is 0 Å². The van der Waals surface area contributed by atoms with Crippen molar-refractivity contribution in [2.75, 3.05) is 0 Å². The van der Waals surface area contributed by atoms with Gasteiger partial charge in [0.2, 0.25) is 5.75 Å². The predicted octanol–water partition coefficient (Wildman–Crippen LogP) is 2.03. The molecule has 4 N–H and O–H groups in total. The lowest BCUT2D eigenvalue weighted by Crippen LogP contribution is -1.99. The zero-order chi connectivity index (χ0) is 11.0. The van der Waals surface area contributed by atoms with Gasteiger partial charge in [0.25, 0.3) is 0 Å². The van der Waals surface area contributed by atoms with Crippen molar-refractivity contribution in [3.63, 3.8) is 0 Å². The number of carbonyl (C=O) groups is 1. The molecule has 0 bridgehead atoms. The maximum Gasteiger partial charge on any atom is 0.340 e. The number of halogens is 2. The van der Waals surface area contributed by atoms with E-state index in [1.165, 1.54) is 0 Å². The summed E-state index contributed by atoms with van der Waals surface area (Å²) in [6, 6.07) is 0. The van der Waals surface area contributed by atoms with Gasteiger partial charge in [-0.15, -0.1) is 0 Å². The fourth-order valence-electron chi connectivity index (χ4n) is 0.847. The Balaban J connectivity index is 3.68. The van der Waals surface area contributed by atoms with Gasteiger partial charge in [-0.1, -0.05) is 0 Å². The summed E-state index contributed by atoms with van der Waals surface area (Å²) in [6.07, 6.45) is 0. The Hall–Kier alpha value is -0.950. The molecular formula is C7H4Br2O5. The Bertz CT molecular complexity index is 386. The van der Waals surface area contributed by atoms with Crippen LogP contribution in [-0.4, -0.2) is 26.4 Å². The average Bonchev–Trinajstić information content (AvgIpc) is 2.11. The highest BCUT2D eigenvalue weighted by Gasteiger charge is 2.24. The summed E-state index contributed by atoms with van der Waals surface area (Å²) in [6.45, 7) is 0. The highest BCUT2D eigenvalue weighted by Crippen LogP contribution is 2.47. The van der Waals surface area contributed by atoms with Gasteiger partial charge in [-0.2, -0.15) is 0 Å². The van der Waals surface area contributed by atoms with E-state index in [1.807, 2.05) is 0 Å². The van der Waals surface area contributed by atoms with Crippen LogP contribution < -0.4 is 0 Å². The number of carboxylic acids is 1. The molecule has 0 aromatic heterocycles. The summed E-state index contributed by atoms with van der Waals surface area (Å²) >= 11 is 5.71. The van der Waals surface area contributed by atoms with Gasteiger partial charge in [0.15, 0.2) is 11.5 Å². The van der Waals surface area contributed by atoms with Gasteiger partial charge in [-0.05, 0) is 31.9 Å². The first kappa shape index (κ1) is 11.1. The van der Waals surface area contributed by atoms with Crippen LogP contribution in [0.3, 0.4) is 0 Å². The molecule has 0 spiro atoms. The molecule has 1 aromatic carbocycles. The Morgan fingerprint density at radius 1 is 0.929 bits per heavy atom. The summed E-state index contributed by atoms with van der Waals surface area (Å²) < 4.78 is -0.0806. The van der Waals surface area contributed by atoms with Gasteiger partial charge in [-0.25, -0.2) is 4.79 Å². The molecule has 0 aliphatic carbocycles. The first-order chi connectivity index (χ1) is 6.37. The second kappa shape index (κ2) is 3.66. The van der Waals surface area contributed by atoms with E-state index in [0.717, 1.165) is 0 Å². The molecular weight excluding hydrogens is 324 g/mol. The fraction of sp³-hybridized carbons (Fsp3) is 0. The van der Waals surface area contributed by atoms with Gasteiger partial charge in [-0.3, -0.25) is 0 Å². The molecule has 0 heterocycles. The normalized spacial score (nSPS) is 10.1. The number of phenolic OH excluding ortho intramolecular Hbond substituents is 2. The average molecular weight is 328 g/mol. The lowest BCUT2D eigenvalue weighted by Gasteiger charge is -2.09. The highest BCUT2D eigenvalue weighted by atomic mass is 79.9. The highest BCUT2D eigenvalue weighted by molar-refractivity contribution is 9.13. The molecule has 7 heteroatoms. The van der Waals surface area contributed by atoms with Crippen LogP contribution >= 0.6 is 31.9 Å². The Morgan fingerprint density at radius 3 is 1.86 bits per heavy atom. The maximum absolute atomic E-state index is 10.7. The number of hydrogen-bond donors (Lipinski definition) is 4. The van der Waals surface area contributed by atoms with Crippen molar-refractivity contribution in [2.24, 2.45) is 0 Å². The van der Waals surface area contributed by atoms with Crippen LogP contribution in [0.5, 0.6) is 17.2 Å². The molecule has 0 unspecified atom stereocenters. The molecule has 76 valence electrons. The molecule has 0 saturated carbocycles. The van der Waals surface area contributed by atoms with Gasteiger partial charge < -0.3 is 20.4 Å². The molecule has 0 radical (unpaired) electrons. The van der Waals surface area contributed by atoms with Crippen molar-refractivity contribution in [3.8, 4) is 17.2 Å². The largest absolute Gasteiger partial charge is 0.504 e. The first-order valence-corrected chi connectivity index (χ1v) is 4.81. The van der Waals surface area contributed by atoms with E-state index >= 15 is 0 Å². The van der Waals surface area contributed by atoms with Crippen molar-refractivity contribution in [2.45, 2.75) is 0 Å². The molecule has 0 aliphatic heterocycles. The van der Waals surface area contributed by atoms with Crippen LogP contribution in [0.15, 0.2) is 8.95 Å². The van der Waals surface area contributed by atoms with Gasteiger partial charge in [0.05, 0.1) is 8.95 Å². The standard InChI is InChI=1S/C7H4Br2O5/c8-2-1(7(13)14)4(10)6(12)5(11)3(2)9/h10-12H,(H,13,14). The molecule has 5 nitrogen and oxygen atoms in total. The third-order valence-corrected chi connectivity index (χ3v) is 3.62. The van der Waals surface area contributed by atoms with Crippen molar-refractivity contribution >= 4 is 37.8 Å². The molecule has 0 fully saturated rings. The fourth-order valence-corrected chi connectivity index (χ4v) is 1.78. The zero-order valence-electron chi connectivity index (χ0n) is 6.45. The van der Waals surface area contributed by atoms with E-state index in [9.17, 15) is 15.0 Å². The lowest BCUT2D eigenvalue weighted by molar-refractivity contribution is 0.0691. The van der Waals surface area contributed by atoms with Crippen LogP contribution in [-0.2, 0) is 0 Å². The molecule has 14 heavy (non-hydrogen) atoms. The number of hydrogen-bond acceptors (Lipinski definition) is 4. The number of aromatic carboxylic acids is 1. The topological polar surface area (TPSA) is 98.0 Å². The van der Waals surface area contributed by atoms with E-state index in [4.69, 9.17) is 10.2 Å². The number of carboxylic acid groups (broad SMARTS) is 1. The summed E-state index contributed by atoms with van der Waals surface area (Å²) in [5.74, 6) is -3.81. The quantitative estimate of drug-likeness (QED) is 0.592. The van der Waals surface area contributed by atoms with Crippen molar-refractivity contribution in [1.29, 1.82) is 0 Å². The monoisotopic (exact) mass is 326 g/mol. The Morgan fingerprint density at radius 2 is 1.43 bits per heavy atom. The third-order valence-electron chi connectivity index (χ3n) is 1.52. The number of phenols is 3. The number of aromatic hydroxyl groups is 3. The zero-order valence-corrected chi connectivity index (χ0v) is 9.63. The number of rotatable bonds is 1. The molecule has 0 atom stereocenters. The Labute approximate surface area is 94.9 Å². The van der Waals surface area contributed by atoms with Crippen LogP contribution in [0.2, 0.25) is 0 Å². The van der Waals surface area contributed by atoms with Crippen molar-refractivity contribution in [3.05, 3.63) is 14.5 Å². The van der Waals surface area contributed by atoms with Crippen LogP contribution in [0.25, 0.3) is 0 Å². The van der Waals surface area contributed by atoms with Crippen LogP contribution in [0, 0.1) is 0 Å². The van der Waals surface area contributed by atoms with E-state index in [2.05, 4.69) is 31.9 Å². The van der Waals surface area contributed by atoms with Crippen LogP contribution in [0.1, 0.15) is 10.4 Å². The first-order valence-electron chi connectivity index (χ1n) is 3.23. The van der Waals surface area contributed by atoms with Gasteiger partial charge >= 0.3 is 5.97 Å². The number of benzene rings is 1. The summed E-state index contributed by atoms with van der Waals surface area (Å²) in [5, 5.41) is 36.2.